The van der Waals surface area contributed by atoms with Crippen LogP contribution in [-0.2, 0) is 19.2 Å². The lowest BCUT2D eigenvalue weighted by atomic mass is 9.80. The molecule has 0 aromatic rings. The SMILES string of the molecule is CC1(C)C2=CN(C(=O)[C@H](CC3CCC3)NC(=O)C(F)(F)F)[C@H](C(=O)N[C@H](C#N)C[C@@H]3CCNC3=O)C21C. The molecule has 4 rings (SSSR count). The Labute approximate surface area is 213 Å². The average molecular weight is 524 g/mol. The van der Waals surface area contributed by atoms with Gasteiger partial charge in [0.05, 0.1) is 6.07 Å². The Bertz CT molecular complexity index is 1080. The highest BCUT2D eigenvalue weighted by Gasteiger charge is 2.74. The molecule has 0 spiro atoms. The Morgan fingerprint density at radius 3 is 2.38 bits per heavy atom. The third-order valence-electron chi connectivity index (χ3n) is 8.87. The van der Waals surface area contributed by atoms with E-state index in [4.69, 9.17) is 0 Å². The number of hydrogen-bond acceptors (Lipinski definition) is 5. The molecule has 2 heterocycles. The van der Waals surface area contributed by atoms with Crippen LogP contribution in [0.1, 0.15) is 59.3 Å². The summed E-state index contributed by atoms with van der Waals surface area (Å²) in [5, 5.41) is 16.8. The number of carbonyl (C=O) groups is 4. The zero-order valence-corrected chi connectivity index (χ0v) is 21.1. The first-order chi connectivity index (χ1) is 17.2. The number of alkyl halides is 3. The maximum Gasteiger partial charge on any atom is 0.471 e. The first-order valence-electron chi connectivity index (χ1n) is 12.6. The number of halogens is 3. The molecule has 0 radical (unpaired) electrons. The minimum atomic E-state index is -5.15. The lowest BCUT2D eigenvalue weighted by molar-refractivity contribution is -0.175. The Balaban J connectivity index is 1.56. The number of nitriles is 1. The monoisotopic (exact) mass is 523 g/mol. The highest BCUT2D eigenvalue weighted by Crippen LogP contribution is 2.73. The van der Waals surface area contributed by atoms with Gasteiger partial charge in [-0.3, -0.25) is 19.2 Å². The largest absolute Gasteiger partial charge is 0.471 e. The molecule has 1 unspecified atom stereocenters. The van der Waals surface area contributed by atoms with Gasteiger partial charge in [0.2, 0.25) is 17.7 Å². The van der Waals surface area contributed by atoms with Crippen LogP contribution in [0.15, 0.2) is 11.8 Å². The third-order valence-corrected chi connectivity index (χ3v) is 8.87. The van der Waals surface area contributed by atoms with Gasteiger partial charge >= 0.3 is 12.1 Å². The van der Waals surface area contributed by atoms with Crippen LogP contribution in [0.3, 0.4) is 0 Å². The fourth-order valence-corrected chi connectivity index (χ4v) is 6.02. The summed E-state index contributed by atoms with van der Waals surface area (Å²) in [5.41, 5.74) is -0.438. The summed E-state index contributed by atoms with van der Waals surface area (Å²) in [6.45, 7) is 6.11. The first kappa shape index (κ1) is 26.9. The van der Waals surface area contributed by atoms with Gasteiger partial charge in [-0.05, 0) is 36.2 Å². The number of nitrogens with zero attached hydrogens (tertiary/aromatic N) is 2. The molecule has 12 heteroatoms. The van der Waals surface area contributed by atoms with Crippen molar-refractivity contribution in [1.29, 1.82) is 5.26 Å². The molecule has 4 aliphatic rings. The molecule has 3 fully saturated rings. The summed E-state index contributed by atoms with van der Waals surface area (Å²) < 4.78 is 39.1. The number of nitrogens with one attached hydrogen (secondary N) is 3. The van der Waals surface area contributed by atoms with Gasteiger partial charge in [0, 0.05) is 24.1 Å². The highest BCUT2D eigenvalue weighted by molar-refractivity contribution is 5.96. The normalized spacial score (nSPS) is 29.7. The predicted octanol–water partition coefficient (Wildman–Crippen LogP) is 1.90. The van der Waals surface area contributed by atoms with Crippen molar-refractivity contribution in [3.05, 3.63) is 11.8 Å². The molecule has 3 N–H and O–H groups in total. The number of amides is 4. The van der Waals surface area contributed by atoms with Gasteiger partial charge in [-0.1, -0.05) is 40.0 Å². The third kappa shape index (κ3) is 4.68. The molecule has 37 heavy (non-hydrogen) atoms. The van der Waals surface area contributed by atoms with E-state index in [1.807, 2.05) is 25.2 Å². The summed E-state index contributed by atoms with van der Waals surface area (Å²) in [4.78, 5) is 52.0. The van der Waals surface area contributed by atoms with Crippen molar-refractivity contribution in [2.45, 2.75) is 83.6 Å². The van der Waals surface area contributed by atoms with Crippen molar-refractivity contribution in [3.8, 4) is 6.07 Å². The van der Waals surface area contributed by atoms with Gasteiger partial charge in [-0.2, -0.15) is 18.4 Å². The Morgan fingerprint density at radius 2 is 1.86 bits per heavy atom. The van der Waals surface area contributed by atoms with E-state index < -0.39 is 58.8 Å². The number of rotatable bonds is 8. The fourth-order valence-electron chi connectivity index (χ4n) is 6.02. The van der Waals surface area contributed by atoms with Gasteiger partial charge in [-0.15, -0.1) is 0 Å². The Kier molecular flexibility index (Phi) is 6.80. The van der Waals surface area contributed by atoms with E-state index in [1.54, 1.807) is 6.92 Å². The van der Waals surface area contributed by atoms with E-state index in [2.05, 4.69) is 10.6 Å². The predicted molar refractivity (Wildman–Crippen MR) is 124 cm³/mol. The van der Waals surface area contributed by atoms with Crippen LogP contribution in [-0.4, -0.2) is 59.4 Å². The summed E-state index contributed by atoms with van der Waals surface area (Å²) in [7, 11) is 0. The van der Waals surface area contributed by atoms with Crippen molar-refractivity contribution in [2.24, 2.45) is 22.7 Å². The summed E-state index contributed by atoms with van der Waals surface area (Å²) >= 11 is 0. The highest BCUT2D eigenvalue weighted by atomic mass is 19.4. The molecule has 2 aliphatic heterocycles. The van der Waals surface area contributed by atoms with E-state index in [1.165, 1.54) is 6.20 Å². The minimum absolute atomic E-state index is 0.00658. The molecule has 2 aliphatic carbocycles. The van der Waals surface area contributed by atoms with Crippen LogP contribution < -0.4 is 16.0 Å². The molecular formula is C25H32F3N5O4. The first-order valence-corrected chi connectivity index (χ1v) is 12.6. The van der Waals surface area contributed by atoms with Gasteiger partial charge < -0.3 is 20.9 Å². The molecule has 1 saturated heterocycles. The van der Waals surface area contributed by atoms with E-state index in [9.17, 15) is 37.6 Å². The van der Waals surface area contributed by atoms with E-state index in [0.717, 1.165) is 29.7 Å². The van der Waals surface area contributed by atoms with Gasteiger partial charge in [0.25, 0.3) is 0 Å². The van der Waals surface area contributed by atoms with Gasteiger partial charge in [-0.25, -0.2) is 0 Å². The fraction of sp³-hybridized carbons (Fsp3) is 0.720. The summed E-state index contributed by atoms with van der Waals surface area (Å²) in [5.74, 6) is -4.21. The lowest BCUT2D eigenvalue weighted by Crippen LogP contribution is -2.58. The smallest absolute Gasteiger partial charge is 0.356 e. The zero-order valence-electron chi connectivity index (χ0n) is 21.1. The molecule has 202 valence electrons. The van der Waals surface area contributed by atoms with E-state index in [0.29, 0.717) is 13.0 Å². The van der Waals surface area contributed by atoms with Crippen LogP contribution in [0.2, 0.25) is 0 Å². The maximum atomic E-state index is 13.6. The van der Waals surface area contributed by atoms with Crippen molar-refractivity contribution < 1.29 is 32.3 Å². The van der Waals surface area contributed by atoms with Crippen molar-refractivity contribution in [1.82, 2.24) is 20.9 Å². The molecule has 0 aromatic carbocycles. The second-order valence-electron chi connectivity index (χ2n) is 11.3. The zero-order chi connectivity index (χ0) is 27.3. The van der Waals surface area contributed by atoms with Crippen molar-refractivity contribution >= 4 is 23.6 Å². The minimum Gasteiger partial charge on any atom is -0.356 e. The van der Waals surface area contributed by atoms with E-state index in [-0.39, 0.29) is 24.7 Å². The Hall–Kier alpha value is -3.10. The molecule has 9 nitrogen and oxygen atoms in total. The van der Waals surface area contributed by atoms with Crippen LogP contribution in [0.25, 0.3) is 0 Å². The molecule has 4 amide bonds. The average Bonchev–Trinajstić information content (AvgIpc) is 3.13. The number of fused-ring (bicyclic) bond motifs is 1. The second-order valence-corrected chi connectivity index (χ2v) is 11.3. The van der Waals surface area contributed by atoms with Crippen LogP contribution in [0.4, 0.5) is 13.2 Å². The van der Waals surface area contributed by atoms with Crippen LogP contribution >= 0.6 is 0 Å². The van der Waals surface area contributed by atoms with Gasteiger partial charge in [0.15, 0.2) is 0 Å². The van der Waals surface area contributed by atoms with Crippen molar-refractivity contribution in [3.63, 3.8) is 0 Å². The van der Waals surface area contributed by atoms with Gasteiger partial charge in [0.1, 0.15) is 18.1 Å². The van der Waals surface area contributed by atoms with Crippen LogP contribution in [0, 0.1) is 34.0 Å². The number of hydrogen-bond donors (Lipinski definition) is 3. The topological polar surface area (TPSA) is 131 Å². The quantitative estimate of drug-likeness (QED) is 0.447. The molecule has 0 aromatic heterocycles. The van der Waals surface area contributed by atoms with E-state index >= 15 is 0 Å². The molecular weight excluding hydrogens is 491 g/mol. The maximum absolute atomic E-state index is 13.6. The molecule has 2 saturated carbocycles. The second kappa shape index (κ2) is 9.33. The Morgan fingerprint density at radius 1 is 1.19 bits per heavy atom. The summed E-state index contributed by atoms with van der Waals surface area (Å²) in [6, 6.07) is -1.53. The number of carbonyl (C=O) groups excluding carboxylic acids is 4. The standard InChI is InChI=1S/C25H32F3N5O4/c1-23(2)17-12-33(21(36)16(9-13-5-4-6-13)32-22(37)25(26,27)28)18(24(17,23)3)20(35)31-15(11-29)10-14-7-8-30-19(14)34/h12-16,18H,4-10H2,1-3H3,(H,30,34)(H,31,35)(H,32,37)/t14-,15-,16-,18+,24?/m0/s1. The van der Waals surface area contributed by atoms with Crippen molar-refractivity contribution in [2.75, 3.05) is 6.54 Å². The molecule has 0 bridgehead atoms. The van der Waals surface area contributed by atoms with Crippen LogP contribution in [0.5, 0.6) is 0 Å². The lowest BCUT2D eigenvalue weighted by Gasteiger charge is -2.36. The molecule has 5 atom stereocenters. The summed E-state index contributed by atoms with van der Waals surface area (Å²) in [6.07, 6.45) is -0.544.